The zero-order valence-corrected chi connectivity index (χ0v) is 20.6. The van der Waals surface area contributed by atoms with Crippen LogP contribution >= 0.6 is 0 Å². The fourth-order valence-corrected chi connectivity index (χ4v) is 4.64. The number of alkyl halides is 3. The molecule has 2 aliphatic heterocycles. The van der Waals surface area contributed by atoms with Crippen molar-refractivity contribution >= 4 is 17.2 Å². The highest BCUT2D eigenvalue weighted by molar-refractivity contribution is 5.52. The first-order chi connectivity index (χ1) is 18.1. The molecule has 1 fully saturated rings. The monoisotopic (exact) mass is 533 g/mol. The van der Waals surface area contributed by atoms with Crippen LogP contribution in [0.3, 0.4) is 0 Å². The third kappa shape index (κ3) is 5.87. The van der Waals surface area contributed by atoms with Crippen LogP contribution in [0.5, 0.6) is 17.5 Å². The first-order valence-electron chi connectivity index (χ1n) is 12.1. The molecule has 0 bridgehead atoms. The van der Waals surface area contributed by atoms with Gasteiger partial charge in [-0.15, -0.1) is 13.2 Å². The van der Waals surface area contributed by atoms with Gasteiger partial charge < -0.3 is 34.1 Å². The molecule has 3 aromatic rings. The van der Waals surface area contributed by atoms with Gasteiger partial charge in [0.05, 0.1) is 6.54 Å². The molecular formula is C25H26F3N5O5. The van der Waals surface area contributed by atoms with Crippen molar-refractivity contribution in [2.75, 3.05) is 42.6 Å². The van der Waals surface area contributed by atoms with Crippen molar-refractivity contribution in [3.05, 3.63) is 64.8 Å². The van der Waals surface area contributed by atoms with Crippen molar-refractivity contribution in [1.29, 1.82) is 0 Å². The molecule has 0 aliphatic carbocycles. The molecule has 38 heavy (non-hydrogen) atoms. The van der Waals surface area contributed by atoms with Crippen molar-refractivity contribution in [1.82, 2.24) is 9.55 Å². The van der Waals surface area contributed by atoms with Gasteiger partial charge in [-0.2, -0.15) is 0 Å². The van der Waals surface area contributed by atoms with Crippen LogP contribution in [-0.4, -0.2) is 59.2 Å². The van der Waals surface area contributed by atoms with E-state index in [2.05, 4.69) is 19.5 Å². The van der Waals surface area contributed by atoms with E-state index < -0.39 is 16.9 Å². The van der Waals surface area contributed by atoms with Gasteiger partial charge in [0.2, 0.25) is 0 Å². The Morgan fingerprint density at radius 2 is 1.58 bits per heavy atom. The van der Waals surface area contributed by atoms with E-state index in [0.717, 1.165) is 44.0 Å². The van der Waals surface area contributed by atoms with Crippen LogP contribution < -0.4 is 24.0 Å². The lowest BCUT2D eigenvalue weighted by Gasteiger charge is -2.25. The average molecular weight is 534 g/mol. The van der Waals surface area contributed by atoms with Gasteiger partial charge in [0.15, 0.2) is 5.60 Å². The molecule has 3 heterocycles. The largest absolute Gasteiger partial charge is 0.573 e. The second kappa shape index (κ2) is 9.95. The Morgan fingerprint density at radius 3 is 2.11 bits per heavy atom. The molecule has 5 rings (SSSR count). The van der Waals surface area contributed by atoms with Gasteiger partial charge in [0.1, 0.15) is 24.3 Å². The molecule has 0 N–H and O–H groups in total. The molecule has 2 aliphatic rings. The van der Waals surface area contributed by atoms with Gasteiger partial charge in [-0.3, -0.25) is 4.57 Å². The van der Waals surface area contributed by atoms with Crippen LogP contribution in [0.1, 0.15) is 13.3 Å². The van der Waals surface area contributed by atoms with Crippen LogP contribution in [0.2, 0.25) is 0 Å². The number of aromatic nitrogens is 2. The summed E-state index contributed by atoms with van der Waals surface area (Å²) in [6.07, 6.45) is -2.46. The number of hydrogen-bond donors (Lipinski definition) is 0. The molecule has 0 saturated carbocycles. The smallest absolute Gasteiger partial charge is 0.489 e. The topological polar surface area (TPSA) is 95.1 Å². The normalized spacial score (nSPS) is 19.5. The summed E-state index contributed by atoms with van der Waals surface area (Å²) in [7, 11) is 0. The second-order valence-electron chi connectivity index (χ2n) is 9.47. The highest BCUT2D eigenvalue weighted by atomic mass is 19.4. The average Bonchev–Trinajstić information content (AvgIpc) is 3.27. The first kappa shape index (κ1) is 25.5. The Morgan fingerprint density at radius 1 is 1.00 bits per heavy atom. The van der Waals surface area contributed by atoms with Gasteiger partial charge in [-0.1, -0.05) is 0 Å². The van der Waals surface area contributed by atoms with E-state index >= 15 is 0 Å². The summed E-state index contributed by atoms with van der Waals surface area (Å²) in [5.41, 5.74) is 1.20. The minimum atomic E-state index is -4.71. The number of imidazole rings is 1. The Balaban J connectivity index is 1.13. The van der Waals surface area contributed by atoms with Crippen LogP contribution in [0, 0.1) is 10.1 Å². The lowest BCUT2D eigenvalue weighted by atomic mass is 10.1. The zero-order valence-electron chi connectivity index (χ0n) is 20.6. The van der Waals surface area contributed by atoms with E-state index in [-0.39, 0.29) is 24.2 Å². The molecule has 2 aromatic carbocycles. The van der Waals surface area contributed by atoms with Crippen molar-refractivity contribution < 1.29 is 32.3 Å². The summed E-state index contributed by atoms with van der Waals surface area (Å²) < 4.78 is 54.5. The highest BCUT2D eigenvalue weighted by Gasteiger charge is 2.41. The van der Waals surface area contributed by atoms with Crippen molar-refractivity contribution in [3.63, 3.8) is 0 Å². The van der Waals surface area contributed by atoms with E-state index in [1.54, 1.807) is 16.7 Å². The Hall–Kier alpha value is -4.16. The van der Waals surface area contributed by atoms with E-state index in [4.69, 9.17) is 9.47 Å². The molecule has 13 heteroatoms. The lowest BCUT2D eigenvalue weighted by Crippen LogP contribution is -2.38. The third-order valence-corrected chi connectivity index (χ3v) is 6.43. The quantitative estimate of drug-likeness (QED) is 0.320. The molecule has 0 spiro atoms. The summed E-state index contributed by atoms with van der Waals surface area (Å²) >= 11 is 0. The predicted octanol–water partition coefficient (Wildman–Crippen LogP) is 4.64. The molecule has 10 nitrogen and oxygen atoms in total. The Kier molecular flexibility index (Phi) is 6.67. The van der Waals surface area contributed by atoms with Gasteiger partial charge >= 0.3 is 18.2 Å². The van der Waals surface area contributed by atoms with Gasteiger partial charge in [-0.05, 0) is 66.8 Å². The summed E-state index contributed by atoms with van der Waals surface area (Å²) in [5.74, 6) is 0.193. The minimum absolute atomic E-state index is 0.207. The Bertz CT molecular complexity index is 1260. The number of nitro groups is 1. The second-order valence-corrected chi connectivity index (χ2v) is 9.47. The maximum absolute atomic E-state index is 12.4. The van der Waals surface area contributed by atoms with E-state index in [1.807, 2.05) is 31.2 Å². The number of benzene rings is 2. The molecule has 1 saturated heterocycles. The van der Waals surface area contributed by atoms with Crippen LogP contribution in [0.15, 0.2) is 54.7 Å². The van der Waals surface area contributed by atoms with E-state index in [9.17, 15) is 23.3 Å². The number of fused-ring (bicyclic) bond motifs is 1. The van der Waals surface area contributed by atoms with E-state index in [0.29, 0.717) is 12.3 Å². The van der Waals surface area contributed by atoms with Crippen molar-refractivity contribution in [2.24, 2.45) is 0 Å². The third-order valence-electron chi connectivity index (χ3n) is 6.43. The first-order valence-corrected chi connectivity index (χ1v) is 12.1. The fraction of sp³-hybridized carbons (Fsp3) is 0.400. The molecule has 1 unspecified atom stereocenters. The highest BCUT2D eigenvalue weighted by Crippen LogP contribution is 2.32. The number of rotatable bonds is 7. The van der Waals surface area contributed by atoms with Crippen LogP contribution in [0.4, 0.5) is 30.4 Å². The number of ether oxygens (including phenoxy) is 3. The summed E-state index contributed by atoms with van der Waals surface area (Å²) in [4.78, 5) is 18.6. The summed E-state index contributed by atoms with van der Waals surface area (Å²) in [6.45, 7) is 5.61. The van der Waals surface area contributed by atoms with Gasteiger partial charge in [0.25, 0.3) is 0 Å². The number of anilines is 2. The molecular weight excluding hydrogens is 507 g/mol. The molecule has 0 amide bonds. The van der Waals surface area contributed by atoms with Crippen LogP contribution in [-0.2, 0) is 6.54 Å². The van der Waals surface area contributed by atoms with Crippen molar-refractivity contribution in [3.8, 4) is 17.5 Å². The maximum Gasteiger partial charge on any atom is 0.573 e. The maximum atomic E-state index is 12.4. The predicted molar refractivity (Wildman–Crippen MR) is 132 cm³/mol. The SMILES string of the molecule is CC1(COc2ccc(N3CCCN(c4ccc(OC(F)(F)F)cc4)CC3)cc2)Cn2cc([N+](=O)[O-])nc2O1. The summed E-state index contributed by atoms with van der Waals surface area (Å²) in [6, 6.07) is 13.9. The van der Waals surface area contributed by atoms with Gasteiger partial charge in [-0.25, -0.2) is 0 Å². The number of hydrogen-bond acceptors (Lipinski definition) is 8. The van der Waals surface area contributed by atoms with Crippen molar-refractivity contribution in [2.45, 2.75) is 31.9 Å². The minimum Gasteiger partial charge on any atom is -0.489 e. The lowest BCUT2D eigenvalue weighted by molar-refractivity contribution is -0.389. The standard InChI is InChI=1S/C25H26F3N5O5/c1-24(16-32-15-22(33(34)35)29-23(32)38-24)17-36-20-7-3-18(4-8-20)30-11-2-12-31(14-13-30)19-5-9-21(10-6-19)37-25(26,27)28/h3-10,15H,2,11-14,16-17H2,1H3. The fourth-order valence-electron chi connectivity index (χ4n) is 4.64. The molecule has 202 valence electrons. The molecule has 1 atom stereocenters. The number of nitrogens with zero attached hydrogens (tertiary/aromatic N) is 5. The summed E-state index contributed by atoms with van der Waals surface area (Å²) in [5, 5.41) is 10.9. The van der Waals surface area contributed by atoms with E-state index in [1.165, 1.54) is 18.3 Å². The zero-order chi connectivity index (χ0) is 26.9. The van der Waals surface area contributed by atoms with Crippen LogP contribution in [0.25, 0.3) is 0 Å². The number of halogens is 3. The molecule has 0 radical (unpaired) electrons. The Labute approximate surface area is 216 Å². The molecule has 1 aromatic heterocycles. The van der Waals surface area contributed by atoms with Gasteiger partial charge in [0, 0.05) is 42.5 Å².